The highest BCUT2D eigenvalue weighted by atomic mass is 16.6. The topological polar surface area (TPSA) is 87.7 Å². The Kier molecular flexibility index (Phi) is 8.09. The van der Waals surface area contributed by atoms with Crippen LogP contribution in [0.3, 0.4) is 0 Å². The van der Waals surface area contributed by atoms with Gasteiger partial charge in [-0.2, -0.15) is 0 Å². The number of nitrogens with one attached hydrogen (secondary N) is 2. The second kappa shape index (κ2) is 10.2. The summed E-state index contributed by atoms with van der Waals surface area (Å²) in [6.45, 7) is 13.0. The van der Waals surface area contributed by atoms with Crippen molar-refractivity contribution in [3.8, 4) is 0 Å². The maximum Gasteiger partial charge on any atom is 0.408 e. The van der Waals surface area contributed by atoms with Crippen LogP contribution < -0.4 is 10.6 Å². The van der Waals surface area contributed by atoms with Crippen molar-refractivity contribution in [2.24, 2.45) is 5.92 Å². The first-order chi connectivity index (χ1) is 14.4. The van der Waals surface area contributed by atoms with Crippen molar-refractivity contribution < 1.29 is 19.1 Å². The average Bonchev–Trinajstić information content (AvgIpc) is 3.38. The van der Waals surface area contributed by atoms with Gasteiger partial charge in [-0.1, -0.05) is 38.1 Å². The van der Waals surface area contributed by atoms with E-state index in [0.717, 1.165) is 24.0 Å². The van der Waals surface area contributed by atoms with E-state index in [9.17, 15) is 14.4 Å². The standard InChI is InChI=1S/C24H37N3O4/c1-8-17-9-11-18(12-10-17)21(22(29)26-15(2)3)27(19-13-16(19)4)20(28)14-25-23(30)31-24(5,6)7/h9-12,15-16,19,21H,8,13-14H2,1-7H3,(H,25,30)(H,26,29). The Morgan fingerprint density at radius 1 is 1.16 bits per heavy atom. The van der Waals surface area contributed by atoms with Crippen molar-refractivity contribution in [2.75, 3.05) is 6.54 Å². The molecule has 0 radical (unpaired) electrons. The zero-order valence-electron chi connectivity index (χ0n) is 19.8. The van der Waals surface area contributed by atoms with E-state index in [1.165, 1.54) is 0 Å². The van der Waals surface area contributed by atoms with E-state index in [-0.39, 0.29) is 30.4 Å². The predicted octanol–water partition coefficient (Wildman–Crippen LogP) is 3.58. The van der Waals surface area contributed by atoms with Crippen molar-refractivity contribution in [1.29, 1.82) is 0 Å². The Bertz CT molecular complexity index is 783. The van der Waals surface area contributed by atoms with Crippen molar-refractivity contribution in [1.82, 2.24) is 15.5 Å². The highest BCUT2D eigenvalue weighted by Gasteiger charge is 2.46. The molecule has 0 aliphatic heterocycles. The Labute approximate surface area is 185 Å². The lowest BCUT2D eigenvalue weighted by Crippen LogP contribution is -2.50. The van der Waals surface area contributed by atoms with Crippen molar-refractivity contribution in [2.45, 2.75) is 85.0 Å². The summed E-state index contributed by atoms with van der Waals surface area (Å²) in [6, 6.07) is 6.96. The molecule has 2 N–H and O–H groups in total. The van der Waals surface area contributed by atoms with Gasteiger partial charge in [0.2, 0.25) is 11.8 Å². The van der Waals surface area contributed by atoms with E-state index in [4.69, 9.17) is 4.74 Å². The van der Waals surface area contributed by atoms with Crippen LogP contribution in [0, 0.1) is 5.92 Å². The van der Waals surface area contributed by atoms with Crippen LogP contribution in [-0.4, -0.2) is 47.0 Å². The van der Waals surface area contributed by atoms with Gasteiger partial charge in [0.15, 0.2) is 0 Å². The molecule has 3 unspecified atom stereocenters. The minimum Gasteiger partial charge on any atom is -0.444 e. The Hall–Kier alpha value is -2.57. The average molecular weight is 432 g/mol. The molecule has 172 valence electrons. The second-order valence-corrected chi connectivity index (χ2v) is 9.60. The summed E-state index contributed by atoms with van der Waals surface area (Å²) in [5.74, 6) is -0.220. The van der Waals surface area contributed by atoms with Crippen LogP contribution in [-0.2, 0) is 20.7 Å². The fraction of sp³-hybridized carbons (Fsp3) is 0.625. The van der Waals surface area contributed by atoms with Crippen LogP contribution in [0.1, 0.15) is 72.1 Å². The molecule has 1 fully saturated rings. The molecule has 7 heteroatoms. The van der Waals surface area contributed by atoms with E-state index in [0.29, 0.717) is 5.92 Å². The van der Waals surface area contributed by atoms with E-state index in [1.54, 1.807) is 25.7 Å². The SMILES string of the molecule is CCc1ccc(C(C(=O)NC(C)C)N(C(=O)CNC(=O)OC(C)(C)C)C2CC2C)cc1. The molecule has 0 heterocycles. The second-order valence-electron chi connectivity index (χ2n) is 9.60. The molecule has 0 bridgehead atoms. The third-order valence-corrected chi connectivity index (χ3v) is 5.16. The third-order valence-electron chi connectivity index (χ3n) is 5.16. The monoisotopic (exact) mass is 431 g/mol. The van der Waals surface area contributed by atoms with Crippen LogP contribution >= 0.6 is 0 Å². The molecule has 0 saturated heterocycles. The number of rotatable bonds is 8. The van der Waals surface area contributed by atoms with E-state index >= 15 is 0 Å². The molecule has 1 aromatic rings. The fourth-order valence-corrected chi connectivity index (χ4v) is 3.50. The largest absolute Gasteiger partial charge is 0.444 e. The van der Waals surface area contributed by atoms with Crippen LogP contribution in [0.2, 0.25) is 0 Å². The molecule has 1 aromatic carbocycles. The fourth-order valence-electron chi connectivity index (χ4n) is 3.50. The lowest BCUT2D eigenvalue weighted by Gasteiger charge is -2.33. The maximum atomic E-state index is 13.2. The van der Waals surface area contributed by atoms with Gasteiger partial charge in [0.05, 0.1) is 0 Å². The van der Waals surface area contributed by atoms with Gasteiger partial charge in [-0.15, -0.1) is 0 Å². The minimum absolute atomic E-state index is 0.0401. The van der Waals surface area contributed by atoms with Crippen LogP contribution in [0.4, 0.5) is 4.79 Å². The number of alkyl carbamates (subject to hydrolysis) is 1. The van der Waals surface area contributed by atoms with Gasteiger partial charge in [-0.05, 0) is 64.5 Å². The molecule has 2 rings (SSSR count). The van der Waals surface area contributed by atoms with E-state index in [1.807, 2.05) is 38.1 Å². The van der Waals surface area contributed by atoms with E-state index in [2.05, 4.69) is 24.5 Å². The van der Waals surface area contributed by atoms with Crippen LogP contribution in [0.5, 0.6) is 0 Å². The Morgan fingerprint density at radius 3 is 2.19 bits per heavy atom. The Balaban J connectivity index is 2.29. The molecule has 1 aliphatic rings. The van der Waals surface area contributed by atoms with Crippen molar-refractivity contribution in [3.05, 3.63) is 35.4 Å². The number of carbonyl (C=O) groups is 3. The number of carbonyl (C=O) groups excluding carboxylic acids is 3. The number of hydrogen-bond donors (Lipinski definition) is 2. The smallest absolute Gasteiger partial charge is 0.408 e. The summed E-state index contributed by atoms with van der Waals surface area (Å²) in [5.41, 5.74) is 1.27. The minimum atomic E-state index is -0.754. The van der Waals surface area contributed by atoms with Gasteiger partial charge >= 0.3 is 6.09 Å². The number of benzene rings is 1. The van der Waals surface area contributed by atoms with Gasteiger partial charge in [-0.25, -0.2) is 4.79 Å². The third kappa shape index (κ3) is 7.26. The highest BCUT2D eigenvalue weighted by Crippen LogP contribution is 2.40. The zero-order valence-corrected chi connectivity index (χ0v) is 19.8. The first kappa shape index (κ1) is 24.7. The summed E-state index contributed by atoms with van der Waals surface area (Å²) < 4.78 is 5.24. The molecule has 7 nitrogen and oxygen atoms in total. The van der Waals surface area contributed by atoms with Gasteiger partial charge in [0.25, 0.3) is 0 Å². The summed E-state index contributed by atoms with van der Waals surface area (Å²) in [7, 11) is 0. The molecular weight excluding hydrogens is 394 g/mol. The predicted molar refractivity (Wildman–Crippen MR) is 120 cm³/mol. The first-order valence-electron chi connectivity index (χ1n) is 11.1. The summed E-state index contributed by atoms with van der Waals surface area (Å²) in [6.07, 6.45) is 1.07. The first-order valence-corrected chi connectivity index (χ1v) is 11.1. The van der Waals surface area contributed by atoms with Crippen LogP contribution in [0.25, 0.3) is 0 Å². The van der Waals surface area contributed by atoms with Crippen LogP contribution in [0.15, 0.2) is 24.3 Å². The quantitative estimate of drug-likeness (QED) is 0.659. The van der Waals surface area contributed by atoms with Gasteiger partial charge < -0.3 is 20.3 Å². The number of amides is 3. The lowest BCUT2D eigenvalue weighted by atomic mass is 10.0. The normalized spacial score (nSPS) is 18.8. The summed E-state index contributed by atoms with van der Waals surface area (Å²) >= 11 is 0. The Morgan fingerprint density at radius 2 is 1.74 bits per heavy atom. The van der Waals surface area contributed by atoms with Gasteiger partial charge in [0, 0.05) is 12.1 Å². The molecule has 31 heavy (non-hydrogen) atoms. The van der Waals surface area contributed by atoms with Crippen molar-refractivity contribution in [3.63, 3.8) is 0 Å². The molecule has 1 saturated carbocycles. The maximum absolute atomic E-state index is 13.2. The van der Waals surface area contributed by atoms with Crippen molar-refractivity contribution >= 4 is 17.9 Å². The van der Waals surface area contributed by atoms with E-state index < -0.39 is 17.7 Å². The lowest BCUT2D eigenvalue weighted by molar-refractivity contribution is -0.141. The number of ether oxygens (including phenoxy) is 1. The number of nitrogens with zero attached hydrogens (tertiary/aromatic N) is 1. The van der Waals surface area contributed by atoms with Gasteiger partial charge in [-0.3, -0.25) is 9.59 Å². The number of hydrogen-bond acceptors (Lipinski definition) is 4. The summed E-state index contributed by atoms with van der Waals surface area (Å²) in [4.78, 5) is 40.1. The molecule has 0 spiro atoms. The number of aryl methyl sites for hydroxylation is 1. The highest BCUT2D eigenvalue weighted by molar-refractivity contribution is 5.91. The van der Waals surface area contributed by atoms with Gasteiger partial charge in [0.1, 0.15) is 18.2 Å². The molecule has 0 aromatic heterocycles. The zero-order chi connectivity index (χ0) is 23.3. The summed E-state index contributed by atoms with van der Waals surface area (Å²) in [5, 5.41) is 5.49. The molecule has 3 amide bonds. The molecular formula is C24H37N3O4. The molecule has 1 aliphatic carbocycles. The molecule has 3 atom stereocenters.